The molecular formula is C31H48O3Si. The second-order valence-corrected chi connectivity index (χ2v) is 18.5. The molecular weight excluding hydrogens is 448 g/mol. The Bertz CT molecular complexity index is 921. The standard InChI is InChI=1S/C31H48O3Si/c1-22-16-17-24(29(2,3)23-13-8-7-9-14-23)26(21-22)33-28(32)27-25-15-12-19-30(25)18-10-11-20-31(27,30)34-35(4,5)6/h7-9,13-14,22,24-27H,10-12,15-21H2,1-6H3/t22-,24-,25-,26-,27+,30-,31+/m1/s1. The summed E-state index contributed by atoms with van der Waals surface area (Å²) in [6, 6.07) is 10.9. The van der Waals surface area contributed by atoms with E-state index in [1.54, 1.807) is 0 Å². The van der Waals surface area contributed by atoms with Crippen molar-refractivity contribution in [2.45, 2.75) is 122 Å². The summed E-state index contributed by atoms with van der Waals surface area (Å²) >= 11 is 0. The van der Waals surface area contributed by atoms with Crippen LogP contribution in [0.4, 0.5) is 0 Å². The van der Waals surface area contributed by atoms with Crippen molar-refractivity contribution in [2.24, 2.45) is 29.1 Å². The maximum atomic E-state index is 14.2. The highest BCUT2D eigenvalue weighted by atomic mass is 28.4. The minimum Gasteiger partial charge on any atom is -0.462 e. The van der Waals surface area contributed by atoms with Crippen LogP contribution in [0.25, 0.3) is 0 Å². The molecule has 0 radical (unpaired) electrons. The van der Waals surface area contributed by atoms with Gasteiger partial charge >= 0.3 is 5.97 Å². The predicted molar refractivity (Wildman–Crippen MR) is 145 cm³/mol. The molecule has 4 fully saturated rings. The van der Waals surface area contributed by atoms with Gasteiger partial charge < -0.3 is 9.16 Å². The molecule has 1 aromatic rings. The molecule has 0 aromatic heterocycles. The van der Waals surface area contributed by atoms with Gasteiger partial charge in [0.15, 0.2) is 8.32 Å². The molecule has 4 heteroatoms. The van der Waals surface area contributed by atoms with Crippen molar-refractivity contribution < 1.29 is 14.0 Å². The fraction of sp³-hybridized carbons (Fsp3) is 0.774. The van der Waals surface area contributed by atoms with Gasteiger partial charge in [-0.3, -0.25) is 4.79 Å². The molecule has 1 spiro atoms. The maximum absolute atomic E-state index is 14.2. The van der Waals surface area contributed by atoms with Crippen molar-refractivity contribution in [1.82, 2.24) is 0 Å². The van der Waals surface area contributed by atoms with Crippen LogP contribution in [0.2, 0.25) is 19.6 Å². The average Bonchev–Trinajstić information content (AvgIpc) is 3.13. The van der Waals surface area contributed by atoms with E-state index in [1.165, 1.54) is 50.5 Å². The summed E-state index contributed by atoms with van der Waals surface area (Å²) in [5.41, 5.74) is 1.29. The summed E-state index contributed by atoms with van der Waals surface area (Å²) in [6.45, 7) is 13.9. The summed E-state index contributed by atoms with van der Waals surface area (Å²) in [7, 11) is -1.82. The molecule has 0 N–H and O–H groups in total. The first-order valence-electron chi connectivity index (χ1n) is 14.5. The second kappa shape index (κ2) is 9.01. The summed E-state index contributed by atoms with van der Waals surface area (Å²) in [6.07, 6.45) is 11.8. The van der Waals surface area contributed by atoms with Crippen molar-refractivity contribution in [3.63, 3.8) is 0 Å². The molecule has 0 aliphatic heterocycles. The molecule has 7 atom stereocenters. The summed E-state index contributed by atoms with van der Waals surface area (Å²) < 4.78 is 13.8. The van der Waals surface area contributed by atoms with Crippen LogP contribution in [0.3, 0.4) is 0 Å². The van der Waals surface area contributed by atoms with Crippen LogP contribution in [0.1, 0.15) is 90.5 Å². The minimum absolute atomic E-state index is 0.00891. The number of carbonyl (C=O) groups excluding carboxylic acids is 1. The number of carbonyl (C=O) groups is 1. The monoisotopic (exact) mass is 496 g/mol. The van der Waals surface area contributed by atoms with Crippen LogP contribution in [0.15, 0.2) is 30.3 Å². The highest BCUT2D eigenvalue weighted by Gasteiger charge is 2.76. The van der Waals surface area contributed by atoms with Gasteiger partial charge in [-0.15, -0.1) is 0 Å². The van der Waals surface area contributed by atoms with Crippen molar-refractivity contribution in [3.05, 3.63) is 35.9 Å². The number of hydrogen-bond acceptors (Lipinski definition) is 3. The predicted octanol–water partition coefficient (Wildman–Crippen LogP) is 7.89. The van der Waals surface area contributed by atoms with Crippen molar-refractivity contribution >= 4 is 14.3 Å². The van der Waals surface area contributed by atoms with E-state index in [9.17, 15) is 4.79 Å². The Morgan fingerprint density at radius 3 is 2.37 bits per heavy atom. The van der Waals surface area contributed by atoms with Gasteiger partial charge in [-0.25, -0.2) is 0 Å². The van der Waals surface area contributed by atoms with Crippen LogP contribution in [0.5, 0.6) is 0 Å². The summed E-state index contributed by atoms with van der Waals surface area (Å²) in [5.74, 6) is 1.42. The number of esters is 1. The molecule has 5 rings (SSSR count). The van der Waals surface area contributed by atoms with E-state index < -0.39 is 8.32 Å². The lowest BCUT2D eigenvalue weighted by Crippen LogP contribution is -2.75. The number of hydrogen-bond donors (Lipinski definition) is 0. The summed E-state index contributed by atoms with van der Waals surface area (Å²) in [4.78, 5) is 14.2. The lowest BCUT2D eigenvalue weighted by molar-refractivity contribution is -0.265. The first-order valence-corrected chi connectivity index (χ1v) is 17.9. The van der Waals surface area contributed by atoms with Gasteiger partial charge in [0.05, 0.1) is 11.5 Å². The Hall–Kier alpha value is -1.13. The molecule has 0 heterocycles. The molecule has 4 aliphatic carbocycles. The molecule has 0 unspecified atom stereocenters. The van der Waals surface area contributed by atoms with Gasteiger partial charge in [0.25, 0.3) is 0 Å². The van der Waals surface area contributed by atoms with Gasteiger partial charge in [-0.2, -0.15) is 0 Å². The quantitative estimate of drug-likeness (QED) is 0.297. The minimum atomic E-state index is -1.82. The molecule has 0 amide bonds. The third kappa shape index (κ3) is 4.15. The third-order valence-corrected chi connectivity index (χ3v) is 11.5. The first kappa shape index (κ1) is 25.5. The zero-order valence-corrected chi connectivity index (χ0v) is 24.1. The van der Waals surface area contributed by atoms with Gasteiger partial charge in [-0.1, -0.05) is 76.8 Å². The van der Waals surface area contributed by atoms with Crippen molar-refractivity contribution in [2.75, 3.05) is 0 Å². The zero-order chi connectivity index (χ0) is 25.1. The Balaban J connectivity index is 1.43. The molecule has 4 aliphatic rings. The highest BCUT2D eigenvalue weighted by molar-refractivity contribution is 6.69. The lowest BCUT2D eigenvalue weighted by atomic mass is 9.40. The van der Waals surface area contributed by atoms with E-state index in [2.05, 4.69) is 70.7 Å². The van der Waals surface area contributed by atoms with Crippen LogP contribution >= 0.6 is 0 Å². The van der Waals surface area contributed by atoms with Gasteiger partial charge in [0, 0.05) is 11.3 Å². The molecule has 0 saturated heterocycles. The lowest BCUT2D eigenvalue weighted by Gasteiger charge is -2.69. The molecule has 0 bridgehead atoms. The number of benzene rings is 1. The molecule has 194 valence electrons. The zero-order valence-electron chi connectivity index (χ0n) is 23.1. The molecule has 3 nitrogen and oxygen atoms in total. The Morgan fingerprint density at radius 2 is 1.66 bits per heavy atom. The van der Waals surface area contributed by atoms with Crippen LogP contribution in [-0.2, 0) is 19.4 Å². The number of rotatable bonds is 6. The normalized spacial score (nSPS) is 39.3. The van der Waals surface area contributed by atoms with Crippen molar-refractivity contribution in [1.29, 1.82) is 0 Å². The second-order valence-electron chi connectivity index (χ2n) is 14.0. The maximum Gasteiger partial charge on any atom is 0.312 e. The van der Waals surface area contributed by atoms with Crippen LogP contribution < -0.4 is 0 Å². The van der Waals surface area contributed by atoms with E-state index >= 15 is 0 Å². The van der Waals surface area contributed by atoms with Gasteiger partial charge in [0.2, 0.25) is 0 Å². The molecule has 4 saturated carbocycles. The van der Waals surface area contributed by atoms with Gasteiger partial charge in [-0.05, 0) is 81.0 Å². The van der Waals surface area contributed by atoms with Crippen LogP contribution in [-0.4, -0.2) is 26.0 Å². The molecule has 35 heavy (non-hydrogen) atoms. The topological polar surface area (TPSA) is 35.5 Å². The van der Waals surface area contributed by atoms with E-state index in [0.29, 0.717) is 17.8 Å². The van der Waals surface area contributed by atoms with E-state index in [4.69, 9.17) is 9.16 Å². The third-order valence-electron chi connectivity index (χ3n) is 10.5. The van der Waals surface area contributed by atoms with E-state index in [1.807, 2.05) is 0 Å². The first-order chi connectivity index (χ1) is 16.5. The smallest absolute Gasteiger partial charge is 0.312 e. The Kier molecular flexibility index (Phi) is 6.57. The Labute approximate surface area is 214 Å². The van der Waals surface area contributed by atoms with Crippen molar-refractivity contribution in [3.8, 4) is 0 Å². The number of ether oxygens (including phenoxy) is 1. The van der Waals surface area contributed by atoms with E-state index in [-0.39, 0.29) is 34.4 Å². The Morgan fingerprint density at radius 1 is 0.971 bits per heavy atom. The fourth-order valence-corrected chi connectivity index (χ4v) is 10.6. The average molecular weight is 497 g/mol. The largest absolute Gasteiger partial charge is 0.462 e. The fourth-order valence-electron chi connectivity index (χ4n) is 9.11. The summed E-state index contributed by atoms with van der Waals surface area (Å²) in [5, 5.41) is 0. The van der Waals surface area contributed by atoms with Crippen LogP contribution in [0, 0.1) is 29.1 Å². The highest BCUT2D eigenvalue weighted by Crippen LogP contribution is 2.74. The SMILES string of the molecule is C[C@@H]1CC[C@@H](C(C)(C)c2ccccc2)[C@H](OC(=O)[C@@H]2[C@H]3CCC[C@]34CCCC[C@]24O[Si](C)(C)C)C1. The van der Waals surface area contributed by atoms with Gasteiger partial charge in [0.1, 0.15) is 6.10 Å². The molecule has 1 aromatic carbocycles. The van der Waals surface area contributed by atoms with E-state index in [0.717, 1.165) is 19.3 Å².